The van der Waals surface area contributed by atoms with Crippen molar-refractivity contribution in [3.05, 3.63) is 52.0 Å². The van der Waals surface area contributed by atoms with Crippen molar-refractivity contribution in [3.8, 4) is 17.2 Å². The van der Waals surface area contributed by atoms with Crippen molar-refractivity contribution in [2.75, 3.05) is 28.4 Å². The lowest BCUT2D eigenvalue weighted by atomic mass is 10.1. The number of halogens is 1. The average molecular weight is 394 g/mol. The highest BCUT2D eigenvalue weighted by Crippen LogP contribution is 2.38. The highest BCUT2D eigenvalue weighted by molar-refractivity contribution is 9.10. The van der Waals surface area contributed by atoms with E-state index in [9.17, 15) is 4.79 Å². The van der Waals surface area contributed by atoms with Crippen LogP contribution in [0.5, 0.6) is 17.2 Å². The molecule has 0 heterocycles. The maximum absolute atomic E-state index is 12.6. The van der Waals surface area contributed by atoms with Crippen LogP contribution in [0.4, 0.5) is 0 Å². The van der Waals surface area contributed by atoms with E-state index in [1.165, 1.54) is 0 Å². The molecule has 0 saturated heterocycles. The van der Waals surface area contributed by atoms with Gasteiger partial charge in [-0.3, -0.25) is 4.79 Å². The molecule has 0 unspecified atom stereocenters. The van der Waals surface area contributed by atoms with Crippen LogP contribution >= 0.6 is 15.9 Å². The average Bonchev–Trinajstić information content (AvgIpc) is 2.59. The van der Waals surface area contributed by atoms with Crippen LogP contribution in [0, 0.1) is 0 Å². The van der Waals surface area contributed by atoms with E-state index < -0.39 is 0 Å². The summed E-state index contributed by atoms with van der Waals surface area (Å²) in [5.41, 5.74) is 1.51. The first kappa shape index (κ1) is 18.1. The third-order valence-corrected chi connectivity index (χ3v) is 4.06. The van der Waals surface area contributed by atoms with Gasteiger partial charge in [0.1, 0.15) is 0 Å². The molecule has 2 aromatic carbocycles. The molecule has 0 spiro atoms. The van der Waals surface area contributed by atoms with Crippen molar-refractivity contribution in [1.29, 1.82) is 0 Å². The smallest absolute Gasteiger partial charge is 0.253 e. The highest BCUT2D eigenvalue weighted by atomic mass is 79.9. The van der Waals surface area contributed by atoms with Gasteiger partial charge in [-0.2, -0.15) is 0 Å². The molecule has 0 atom stereocenters. The molecule has 0 aliphatic carbocycles. The summed E-state index contributed by atoms with van der Waals surface area (Å²) in [5, 5.41) is 0. The van der Waals surface area contributed by atoms with E-state index in [1.54, 1.807) is 45.4 Å². The molecule has 0 radical (unpaired) electrons. The molecule has 2 aromatic rings. The Morgan fingerprint density at radius 2 is 1.67 bits per heavy atom. The van der Waals surface area contributed by atoms with Gasteiger partial charge in [0.05, 0.1) is 21.3 Å². The van der Waals surface area contributed by atoms with Crippen LogP contribution < -0.4 is 14.2 Å². The summed E-state index contributed by atoms with van der Waals surface area (Å²) in [7, 11) is 6.45. The predicted molar refractivity (Wildman–Crippen MR) is 96.0 cm³/mol. The second-order valence-electron chi connectivity index (χ2n) is 5.21. The van der Waals surface area contributed by atoms with Crippen molar-refractivity contribution < 1.29 is 19.0 Å². The fourth-order valence-electron chi connectivity index (χ4n) is 2.41. The van der Waals surface area contributed by atoms with Crippen molar-refractivity contribution in [2.24, 2.45) is 0 Å². The van der Waals surface area contributed by atoms with Gasteiger partial charge < -0.3 is 19.1 Å². The van der Waals surface area contributed by atoms with E-state index in [4.69, 9.17) is 14.2 Å². The third-order valence-electron chi connectivity index (χ3n) is 3.56. The van der Waals surface area contributed by atoms with Crippen LogP contribution in [0.15, 0.2) is 40.9 Å². The van der Waals surface area contributed by atoms with Gasteiger partial charge in [0.25, 0.3) is 5.91 Å². The zero-order valence-corrected chi connectivity index (χ0v) is 15.7. The van der Waals surface area contributed by atoms with E-state index >= 15 is 0 Å². The van der Waals surface area contributed by atoms with Crippen LogP contribution in [-0.4, -0.2) is 39.2 Å². The Labute approximate surface area is 150 Å². The second kappa shape index (κ2) is 8.06. The number of amides is 1. The number of nitrogens with zero attached hydrogens (tertiary/aromatic N) is 1. The zero-order chi connectivity index (χ0) is 17.7. The molecule has 2 rings (SSSR count). The quantitative estimate of drug-likeness (QED) is 0.749. The fraction of sp³-hybridized carbons (Fsp3) is 0.278. The van der Waals surface area contributed by atoms with E-state index in [0.717, 1.165) is 10.0 Å². The maximum Gasteiger partial charge on any atom is 0.253 e. The minimum atomic E-state index is -0.0648. The van der Waals surface area contributed by atoms with Crippen molar-refractivity contribution in [3.63, 3.8) is 0 Å². The Bertz CT molecular complexity index is 708. The van der Waals surface area contributed by atoms with Crippen LogP contribution in [0.1, 0.15) is 15.9 Å². The molecular weight excluding hydrogens is 374 g/mol. The molecular formula is C18H20BrNO4. The lowest BCUT2D eigenvalue weighted by Gasteiger charge is -2.19. The first-order valence-electron chi connectivity index (χ1n) is 7.30. The van der Waals surface area contributed by atoms with Gasteiger partial charge >= 0.3 is 0 Å². The molecule has 5 nitrogen and oxygen atoms in total. The summed E-state index contributed by atoms with van der Waals surface area (Å²) in [6, 6.07) is 11.0. The molecule has 0 aliphatic rings. The standard InChI is InChI=1S/C18H20BrNO4/c1-20(18(21)13-6-5-7-14(19)10-13)11-12-8-15(22-2)17(24-4)16(9-12)23-3/h5-10H,11H2,1-4H3. The number of methoxy groups -OCH3 is 3. The molecule has 128 valence electrons. The zero-order valence-electron chi connectivity index (χ0n) is 14.1. The van der Waals surface area contributed by atoms with Crippen molar-refractivity contribution in [2.45, 2.75) is 6.54 Å². The molecule has 0 N–H and O–H groups in total. The first-order valence-corrected chi connectivity index (χ1v) is 8.09. The monoisotopic (exact) mass is 393 g/mol. The van der Waals surface area contributed by atoms with Crippen LogP contribution in [-0.2, 0) is 6.54 Å². The Morgan fingerprint density at radius 1 is 1.04 bits per heavy atom. The van der Waals surface area contributed by atoms with Gasteiger partial charge in [0.2, 0.25) is 5.75 Å². The minimum Gasteiger partial charge on any atom is -0.493 e. The van der Waals surface area contributed by atoms with E-state index in [-0.39, 0.29) is 5.91 Å². The maximum atomic E-state index is 12.6. The Balaban J connectivity index is 2.25. The van der Waals surface area contributed by atoms with Gasteiger partial charge in [0, 0.05) is 23.6 Å². The summed E-state index contributed by atoms with van der Waals surface area (Å²) < 4.78 is 16.9. The molecule has 6 heteroatoms. The fourth-order valence-corrected chi connectivity index (χ4v) is 2.81. The normalized spacial score (nSPS) is 10.2. The number of hydrogen-bond donors (Lipinski definition) is 0. The summed E-state index contributed by atoms with van der Waals surface area (Å²) in [6.07, 6.45) is 0. The Morgan fingerprint density at radius 3 is 2.17 bits per heavy atom. The predicted octanol–water partition coefficient (Wildman–Crippen LogP) is 3.75. The Kier molecular flexibility index (Phi) is 6.09. The number of carbonyl (C=O) groups is 1. The van der Waals surface area contributed by atoms with Gasteiger partial charge in [-0.25, -0.2) is 0 Å². The van der Waals surface area contributed by atoms with Gasteiger partial charge in [0.15, 0.2) is 11.5 Å². The van der Waals surface area contributed by atoms with E-state index in [2.05, 4.69) is 15.9 Å². The van der Waals surface area contributed by atoms with Crippen molar-refractivity contribution in [1.82, 2.24) is 4.90 Å². The molecule has 24 heavy (non-hydrogen) atoms. The lowest BCUT2D eigenvalue weighted by molar-refractivity contribution is 0.0784. The third kappa shape index (κ3) is 4.00. The summed E-state index contributed by atoms with van der Waals surface area (Å²) in [4.78, 5) is 14.2. The SMILES string of the molecule is COc1cc(CN(C)C(=O)c2cccc(Br)c2)cc(OC)c1OC. The number of hydrogen-bond acceptors (Lipinski definition) is 4. The molecule has 0 aromatic heterocycles. The molecule has 0 aliphatic heterocycles. The number of benzene rings is 2. The molecule has 1 amide bonds. The molecule has 0 fully saturated rings. The minimum absolute atomic E-state index is 0.0648. The van der Waals surface area contributed by atoms with E-state index in [0.29, 0.717) is 29.4 Å². The number of ether oxygens (including phenoxy) is 3. The summed E-state index contributed by atoms with van der Waals surface area (Å²) in [5.74, 6) is 1.60. The Hall–Kier alpha value is -2.21. The van der Waals surface area contributed by atoms with Crippen LogP contribution in [0.2, 0.25) is 0 Å². The van der Waals surface area contributed by atoms with Gasteiger partial charge in [-0.1, -0.05) is 22.0 Å². The van der Waals surface area contributed by atoms with Gasteiger partial charge in [-0.15, -0.1) is 0 Å². The highest BCUT2D eigenvalue weighted by Gasteiger charge is 2.17. The molecule has 0 saturated carbocycles. The topological polar surface area (TPSA) is 48.0 Å². The van der Waals surface area contributed by atoms with Crippen molar-refractivity contribution >= 4 is 21.8 Å². The van der Waals surface area contributed by atoms with Crippen LogP contribution in [0.25, 0.3) is 0 Å². The van der Waals surface area contributed by atoms with Gasteiger partial charge in [-0.05, 0) is 35.9 Å². The van der Waals surface area contributed by atoms with Crippen LogP contribution in [0.3, 0.4) is 0 Å². The largest absolute Gasteiger partial charge is 0.493 e. The summed E-state index contributed by atoms with van der Waals surface area (Å²) >= 11 is 3.38. The number of rotatable bonds is 6. The second-order valence-corrected chi connectivity index (χ2v) is 6.12. The number of carbonyl (C=O) groups excluding carboxylic acids is 1. The lowest BCUT2D eigenvalue weighted by Crippen LogP contribution is -2.26. The van der Waals surface area contributed by atoms with E-state index in [1.807, 2.05) is 24.3 Å². The molecule has 0 bridgehead atoms. The summed E-state index contributed by atoms with van der Waals surface area (Å²) in [6.45, 7) is 0.419. The first-order chi connectivity index (χ1) is 11.5.